The van der Waals surface area contributed by atoms with Crippen molar-refractivity contribution in [3.05, 3.63) is 78.1 Å². The highest BCUT2D eigenvalue weighted by Gasteiger charge is 2.06. The number of aryl methyl sites for hydroxylation is 1. The van der Waals surface area contributed by atoms with Crippen LogP contribution in [0.3, 0.4) is 0 Å². The molecular formula is C21H25FIN5O. The van der Waals surface area contributed by atoms with Crippen molar-refractivity contribution in [1.82, 2.24) is 20.2 Å². The van der Waals surface area contributed by atoms with Crippen LogP contribution in [0.25, 0.3) is 5.69 Å². The van der Waals surface area contributed by atoms with Gasteiger partial charge in [0.25, 0.3) is 0 Å². The quantitative estimate of drug-likeness (QED) is 0.221. The normalized spacial score (nSPS) is 10.9. The summed E-state index contributed by atoms with van der Waals surface area (Å²) in [6.45, 7) is 3.61. The molecule has 0 unspecified atom stereocenters. The van der Waals surface area contributed by atoms with E-state index in [0.29, 0.717) is 31.3 Å². The average molecular weight is 509 g/mol. The minimum Gasteiger partial charge on any atom is -0.492 e. The lowest BCUT2D eigenvalue weighted by molar-refractivity contribution is 0.322. The van der Waals surface area contributed by atoms with Gasteiger partial charge in [-0.25, -0.2) is 9.37 Å². The number of hydrogen-bond donors (Lipinski definition) is 2. The topological polar surface area (TPSA) is 63.5 Å². The van der Waals surface area contributed by atoms with E-state index in [-0.39, 0.29) is 29.8 Å². The summed E-state index contributed by atoms with van der Waals surface area (Å²) in [5.74, 6) is 1.17. The van der Waals surface area contributed by atoms with Gasteiger partial charge in [-0.05, 0) is 36.8 Å². The molecule has 6 nitrogen and oxygen atoms in total. The maximum absolute atomic E-state index is 14.3. The van der Waals surface area contributed by atoms with Crippen LogP contribution in [0, 0.1) is 12.7 Å². The zero-order chi connectivity index (χ0) is 19.8. The Labute approximate surface area is 187 Å². The van der Waals surface area contributed by atoms with Gasteiger partial charge in [0.05, 0.1) is 18.6 Å². The Hall–Kier alpha value is -2.62. The summed E-state index contributed by atoms with van der Waals surface area (Å²) in [7, 11) is 1.69. The first-order valence-electron chi connectivity index (χ1n) is 9.06. The van der Waals surface area contributed by atoms with Gasteiger partial charge in [0.15, 0.2) is 5.96 Å². The van der Waals surface area contributed by atoms with Crippen molar-refractivity contribution in [1.29, 1.82) is 0 Å². The number of halogens is 2. The summed E-state index contributed by atoms with van der Waals surface area (Å²) >= 11 is 0. The number of aliphatic imine (C=N–C) groups is 1. The number of ether oxygens (including phenoxy) is 1. The molecule has 0 radical (unpaired) electrons. The molecule has 0 bridgehead atoms. The molecule has 1 heterocycles. The van der Waals surface area contributed by atoms with Crippen LogP contribution in [0.4, 0.5) is 4.39 Å². The van der Waals surface area contributed by atoms with E-state index in [0.717, 1.165) is 11.3 Å². The highest BCUT2D eigenvalue weighted by molar-refractivity contribution is 14.0. The lowest BCUT2D eigenvalue weighted by Gasteiger charge is -2.13. The first kappa shape index (κ1) is 22.7. The minimum absolute atomic E-state index is 0. The molecule has 0 saturated carbocycles. The predicted octanol–water partition coefficient (Wildman–Crippen LogP) is 3.68. The SMILES string of the molecule is CN=C(NCCOc1ccc(C)cc1)NCc1ccc(-n2ccnc2)c(F)c1.I. The van der Waals surface area contributed by atoms with Gasteiger partial charge in [0.1, 0.15) is 18.2 Å². The van der Waals surface area contributed by atoms with Gasteiger partial charge in [-0.1, -0.05) is 23.8 Å². The molecule has 2 N–H and O–H groups in total. The molecule has 0 atom stereocenters. The zero-order valence-electron chi connectivity index (χ0n) is 16.4. The molecule has 1 aromatic heterocycles. The molecule has 29 heavy (non-hydrogen) atoms. The predicted molar refractivity (Wildman–Crippen MR) is 124 cm³/mol. The van der Waals surface area contributed by atoms with E-state index < -0.39 is 0 Å². The summed E-state index contributed by atoms with van der Waals surface area (Å²) in [6, 6.07) is 13.0. The molecule has 0 fully saturated rings. The Balaban J connectivity index is 0.00000300. The Morgan fingerprint density at radius 3 is 2.62 bits per heavy atom. The Morgan fingerprint density at radius 1 is 1.17 bits per heavy atom. The van der Waals surface area contributed by atoms with E-state index >= 15 is 0 Å². The number of nitrogens with zero attached hydrogens (tertiary/aromatic N) is 3. The number of nitrogens with one attached hydrogen (secondary N) is 2. The third-order valence-electron chi connectivity index (χ3n) is 4.16. The highest BCUT2D eigenvalue weighted by Crippen LogP contribution is 2.15. The number of imidazole rings is 1. The van der Waals surface area contributed by atoms with Crippen molar-refractivity contribution in [3.8, 4) is 11.4 Å². The molecule has 0 saturated heterocycles. The summed E-state index contributed by atoms with van der Waals surface area (Å²) in [4.78, 5) is 8.11. The van der Waals surface area contributed by atoms with Gasteiger partial charge in [-0.2, -0.15) is 0 Å². The van der Waals surface area contributed by atoms with Gasteiger partial charge < -0.3 is 19.9 Å². The van der Waals surface area contributed by atoms with Crippen LogP contribution in [0.5, 0.6) is 5.75 Å². The molecule has 2 aromatic carbocycles. The number of benzene rings is 2. The van der Waals surface area contributed by atoms with Crippen molar-refractivity contribution in [2.75, 3.05) is 20.2 Å². The van der Waals surface area contributed by atoms with E-state index in [1.165, 1.54) is 11.6 Å². The third-order valence-corrected chi connectivity index (χ3v) is 4.16. The van der Waals surface area contributed by atoms with Crippen LogP contribution >= 0.6 is 24.0 Å². The number of aromatic nitrogens is 2. The second-order valence-electron chi connectivity index (χ2n) is 6.27. The molecule has 0 aliphatic heterocycles. The Morgan fingerprint density at radius 2 is 1.97 bits per heavy atom. The second-order valence-corrected chi connectivity index (χ2v) is 6.27. The first-order valence-corrected chi connectivity index (χ1v) is 9.06. The lowest BCUT2D eigenvalue weighted by Crippen LogP contribution is -2.38. The molecule has 154 valence electrons. The number of hydrogen-bond acceptors (Lipinski definition) is 3. The lowest BCUT2D eigenvalue weighted by atomic mass is 10.2. The molecule has 0 spiro atoms. The average Bonchev–Trinajstić information content (AvgIpc) is 3.23. The number of rotatable bonds is 7. The fourth-order valence-corrected chi connectivity index (χ4v) is 2.65. The van der Waals surface area contributed by atoms with Gasteiger partial charge in [-0.3, -0.25) is 4.99 Å². The van der Waals surface area contributed by atoms with E-state index in [9.17, 15) is 4.39 Å². The van der Waals surface area contributed by atoms with Crippen LogP contribution in [-0.2, 0) is 6.54 Å². The highest BCUT2D eigenvalue weighted by atomic mass is 127. The zero-order valence-corrected chi connectivity index (χ0v) is 18.8. The maximum atomic E-state index is 14.3. The third kappa shape index (κ3) is 6.74. The van der Waals surface area contributed by atoms with Crippen molar-refractivity contribution in [3.63, 3.8) is 0 Å². The first-order chi connectivity index (χ1) is 13.7. The minimum atomic E-state index is -0.299. The molecular weight excluding hydrogens is 484 g/mol. The van der Waals surface area contributed by atoms with Crippen molar-refractivity contribution in [2.24, 2.45) is 4.99 Å². The van der Waals surface area contributed by atoms with Gasteiger partial charge in [0.2, 0.25) is 0 Å². The fraction of sp³-hybridized carbons (Fsp3) is 0.238. The molecule has 3 aromatic rings. The monoisotopic (exact) mass is 509 g/mol. The molecule has 0 aliphatic rings. The van der Waals surface area contributed by atoms with Crippen LogP contribution in [0.2, 0.25) is 0 Å². The summed E-state index contributed by atoms with van der Waals surface area (Å²) < 4.78 is 21.6. The van der Waals surface area contributed by atoms with Crippen LogP contribution < -0.4 is 15.4 Å². The van der Waals surface area contributed by atoms with Crippen molar-refractivity contribution in [2.45, 2.75) is 13.5 Å². The largest absolute Gasteiger partial charge is 0.492 e. The summed E-state index contributed by atoms with van der Waals surface area (Å²) in [6.07, 6.45) is 4.90. The maximum Gasteiger partial charge on any atom is 0.191 e. The fourth-order valence-electron chi connectivity index (χ4n) is 2.65. The Kier molecular flexibility index (Phi) is 8.91. The standard InChI is InChI=1S/C21H24FN5O.HI/c1-16-3-6-18(7-4-16)28-12-10-25-21(23-2)26-14-17-5-8-20(19(22)13-17)27-11-9-24-15-27;/h3-9,11,13,15H,10,12,14H2,1-2H3,(H2,23,25,26);1H. The summed E-state index contributed by atoms with van der Waals surface area (Å²) in [5.41, 5.74) is 2.49. The van der Waals surface area contributed by atoms with Gasteiger partial charge >= 0.3 is 0 Å². The van der Waals surface area contributed by atoms with Crippen molar-refractivity contribution < 1.29 is 9.13 Å². The molecule has 8 heteroatoms. The van der Waals surface area contributed by atoms with Crippen LogP contribution in [0.15, 0.2) is 66.2 Å². The number of guanidine groups is 1. The second kappa shape index (κ2) is 11.4. The van der Waals surface area contributed by atoms with E-state index in [4.69, 9.17) is 4.74 Å². The van der Waals surface area contributed by atoms with Crippen molar-refractivity contribution >= 4 is 29.9 Å². The van der Waals surface area contributed by atoms with Crippen LogP contribution in [0.1, 0.15) is 11.1 Å². The molecule has 0 aliphatic carbocycles. The van der Waals surface area contributed by atoms with Gasteiger partial charge in [0, 0.05) is 26.0 Å². The molecule has 3 rings (SSSR count). The van der Waals surface area contributed by atoms with E-state index in [1.54, 1.807) is 36.4 Å². The Bertz CT molecular complexity index is 913. The smallest absolute Gasteiger partial charge is 0.191 e. The van der Waals surface area contributed by atoms with Gasteiger partial charge in [-0.15, -0.1) is 24.0 Å². The molecule has 0 amide bonds. The van der Waals surface area contributed by atoms with E-state index in [2.05, 4.69) is 20.6 Å². The van der Waals surface area contributed by atoms with Crippen LogP contribution in [-0.4, -0.2) is 35.7 Å². The van der Waals surface area contributed by atoms with E-state index in [1.807, 2.05) is 37.3 Å². The summed E-state index contributed by atoms with van der Waals surface area (Å²) in [5, 5.41) is 6.35.